The number of hydrogen-bond donors (Lipinski definition) is 2. The molecular weight excluding hydrogens is 365 g/mol. The van der Waals surface area contributed by atoms with Crippen molar-refractivity contribution in [2.24, 2.45) is 0 Å². The van der Waals surface area contributed by atoms with Crippen LogP contribution in [0.25, 0.3) is 0 Å². The summed E-state index contributed by atoms with van der Waals surface area (Å²) in [5, 5.41) is 12.3. The van der Waals surface area contributed by atoms with Crippen LogP contribution in [0, 0.1) is 0 Å². The average molecular weight is 391 g/mol. The van der Waals surface area contributed by atoms with Gasteiger partial charge in [0, 0.05) is 5.69 Å². The molecule has 1 atom stereocenters. The Morgan fingerprint density at radius 3 is 1.89 bits per heavy atom. The Morgan fingerprint density at radius 1 is 0.926 bits per heavy atom. The maximum Gasteiger partial charge on any atom is 0.357 e. The molecule has 0 radical (unpaired) electrons. The van der Waals surface area contributed by atoms with E-state index in [4.69, 9.17) is 14.2 Å². The van der Waals surface area contributed by atoms with Gasteiger partial charge in [-0.2, -0.15) is 0 Å². The van der Waals surface area contributed by atoms with Crippen LogP contribution in [0.1, 0.15) is 49.4 Å². The minimum atomic E-state index is -3.59. The summed E-state index contributed by atoms with van der Waals surface area (Å²) in [7, 11) is -3.59. The predicted octanol–water partition coefficient (Wildman–Crippen LogP) is 5.54. The van der Waals surface area contributed by atoms with Gasteiger partial charge in [0.2, 0.25) is 0 Å². The Morgan fingerprint density at radius 2 is 1.44 bits per heavy atom. The topological polar surface area (TPSA) is 84.9 Å². The van der Waals surface area contributed by atoms with Gasteiger partial charge in [-0.3, -0.25) is 4.57 Å². The van der Waals surface area contributed by atoms with E-state index >= 15 is 0 Å². The molecule has 0 aliphatic carbocycles. The van der Waals surface area contributed by atoms with Gasteiger partial charge in [0.05, 0.1) is 17.8 Å². The number of anilines is 1. The lowest BCUT2D eigenvalue weighted by Crippen LogP contribution is -2.19. The van der Waals surface area contributed by atoms with Crippen molar-refractivity contribution in [3.8, 4) is 0 Å². The molecule has 0 spiro atoms. The van der Waals surface area contributed by atoms with Crippen LogP contribution < -0.4 is 5.32 Å². The summed E-state index contributed by atoms with van der Waals surface area (Å²) in [5.74, 6) is -1.74. The lowest BCUT2D eigenvalue weighted by Gasteiger charge is -2.31. The van der Waals surface area contributed by atoms with Crippen LogP contribution in [0.3, 0.4) is 0 Å². The summed E-state index contributed by atoms with van der Waals surface area (Å²) in [6.07, 6.45) is -0.589. The zero-order chi connectivity index (χ0) is 20.0. The first-order valence-corrected chi connectivity index (χ1v) is 10.4. The first kappa shape index (κ1) is 21.2. The highest BCUT2D eigenvalue weighted by atomic mass is 31.2. The molecule has 0 aliphatic rings. The van der Waals surface area contributed by atoms with E-state index in [0.29, 0.717) is 5.69 Å². The van der Waals surface area contributed by atoms with Crippen molar-refractivity contribution in [3.05, 3.63) is 65.7 Å². The number of carbonyl (C=O) groups is 1. The number of nitrogens with one attached hydrogen (secondary N) is 1. The van der Waals surface area contributed by atoms with Crippen molar-refractivity contribution in [2.45, 2.75) is 45.7 Å². The molecule has 0 amide bonds. The highest BCUT2D eigenvalue weighted by Crippen LogP contribution is 2.62. The Balaban J connectivity index is 2.43. The fourth-order valence-electron chi connectivity index (χ4n) is 2.58. The first-order chi connectivity index (χ1) is 12.7. The average Bonchev–Trinajstić information content (AvgIpc) is 2.59. The molecule has 0 heterocycles. The van der Waals surface area contributed by atoms with Crippen molar-refractivity contribution in [1.82, 2.24) is 0 Å². The molecule has 6 nitrogen and oxygen atoms in total. The molecule has 27 heavy (non-hydrogen) atoms. The van der Waals surface area contributed by atoms with Crippen LogP contribution >= 0.6 is 7.60 Å². The van der Waals surface area contributed by atoms with E-state index in [9.17, 15) is 9.36 Å². The smallest absolute Gasteiger partial charge is 0.357 e. The van der Waals surface area contributed by atoms with Gasteiger partial charge in [-0.15, -0.1) is 0 Å². The van der Waals surface area contributed by atoms with E-state index in [1.54, 1.807) is 39.8 Å². The van der Waals surface area contributed by atoms with Crippen molar-refractivity contribution in [1.29, 1.82) is 0 Å². The lowest BCUT2D eigenvalue weighted by molar-refractivity contribution is 0.0696. The van der Waals surface area contributed by atoms with Gasteiger partial charge < -0.3 is 19.5 Å². The molecule has 0 saturated carbocycles. The third kappa shape index (κ3) is 5.93. The molecule has 0 aromatic heterocycles. The van der Waals surface area contributed by atoms with E-state index in [-0.39, 0.29) is 17.8 Å². The van der Waals surface area contributed by atoms with Crippen LogP contribution in [-0.4, -0.2) is 23.3 Å². The predicted molar refractivity (Wildman–Crippen MR) is 106 cm³/mol. The monoisotopic (exact) mass is 391 g/mol. The molecule has 0 bridgehead atoms. The SMILES string of the molecule is CC(C)OP(=O)(OC(C)C)[C@H](Nc1ccc(C(=O)O)cc1)c1ccccc1. The number of rotatable bonds is 9. The Labute approximate surface area is 160 Å². The molecule has 0 aliphatic heterocycles. The highest BCUT2D eigenvalue weighted by molar-refractivity contribution is 7.54. The van der Waals surface area contributed by atoms with Crippen molar-refractivity contribution in [2.75, 3.05) is 5.32 Å². The van der Waals surface area contributed by atoms with Crippen LogP contribution in [-0.2, 0) is 13.6 Å². The van der Waals surface area contributed by atoms with Crippen molar-refractivity contribution >= 4 is 19.3 Å². The maximum atomic E-state index is 13.7. The molecule has 146 valence electrons. The fourth-order valence-corrected chi connectivity index (χ4v) is 4.89. The highest BCUT2D eigenvalue weighted by Gasteiger charge is 2.39. The zero-order valence-corrected chi connectivity index (χ0v) is 16.9. The molecular formula is C20H26NO5P. The second-order valence-electron chi connectivity index (χ2n) is 6.69. The molecule has 7 heteroatoms. The van der Waals surface area contributed by atoms with Gasteiger partial charge in [-0.05, 0) is 57.5 Å². The number of benzene rings is 2. The number of carboxylic acid groups (broad SMARTS) is 1. The summed E-state index contributed by atoms with van der Waals surface area (Å²) in [6.45, 7) is 7.22. The second-order valence-corrected chi connectivity index (χ2v) is 8.71. The Bertz CT molecular complexity index is 776. The van der Waals surface area contributed by atoms with E-state index in [2.05, 4.69) is 5.32 Å². The van der Waals surface area contributed by atoms with Crippen molar-refractivity contribution < 1.29 is 23.5 Å². The van der Waals surface area contributed by atoms with Gasteiger partial charge in [-0.1, -0.05) is 30.3 Å². The third-order valence-electron chi connectivity index (χ3n) is 3.58. The summed E-state index contributed by atoms with van der Waals surface area (Å²) in [4.78, 5) is 11.1. The molecule has 2 aromatic rings. The second kappa shape index (κ2) is 9.18. The van der Waals surface area contributed by atoms with Crippen LogP contribution in [0.5, 0.6) is 0 Å². The van der Waals surface area contributed by atoms with E-state index in [1.807, 2.05) is 30.3 Å². The Kier molecular flexibility index (Phi) is 7.19. The van der Waals surface area contributed by atoms with Gasteiger partial charge in [0.25, 0.3) is 0 Å². The normalized spacial score (nSPS) is 13.0. The minimum Gasteiger partial charge on any atom is -0.478 e. The number of hydrogen-bond acceptors (Lipinski definition) is 5. The number of carboxylic acids is 1. The maximum absolute atomic E-state index is 13.7. The number of aromatic carboxylic acids is 1. The minimum absolute atomic E-state index is 0.178. The van der Waals surface area contributed by atoms with Crippen molar-refractivity contribution in [3.63, 3.8) is 0 Å². The van der Waals surface area contributed by atoms with Crippen LogP contribution in [0.2, 0.25) is 0 Å². The summed E-state index contributed by atoms with van der Waals surface area (Å²) in [5.41, 5.74) is 1.55. The zero-order valence-electron chi connectivity index (χ0n) is 16.0. The molecule has 0 fully saturated rings. The quantitative estimate of drug-likeness (QED) is 0.546. The molecule has 0 saturated heterocycles. The van der Waals surface area contributed by atoms with Gasteiger partial charge in [-0.25, -0.2) is 4.79 Å². The van der Waals surface area contributed by atoms with E-state index < -0.39 is 19.3 Å². The fraction of sp³-hybridized carbons (Fsp3) is 0.350. The standard InChI is InChI=1S/C20H26NO5P/c1-14(2)25-27(24,26-15(3)4)19(16-8-6-5-7-9-16)21-18-12-10-17(11-13-18)20(22)23/h5-15,19,21H,1-4H3,(H,22,23)/t19-/m0/s1. The van der Waals surface area contributed by atoms with Gasteiger partial charge >= 0.3 is 13.6 Å². The third-order valence-corrected chi connectivity index (χ3v) is 6.07. The van der Waals surface area contributed by atoms with Crippen LogP contribution in [0.4, 0.5) is 5.69 Å². The van der Waals surface area contributed by atoms with Gasteiger partial charge in [0.1, 0.15) is 0 Å². The van der Waals surface area contributed by atoms with E-state index in [0.717, 1.165) is 5.56 Å². The molecule has 2 N–H and O–H groups in total. The molecule has 2 aromatic carbocycles. The summed E-state index contributed by atoms with van der Waals surface area (Å²) >= 11 is 0. The lowest BCUT2D eigenvalue weighted by atomic mass is 10.2. The summed E-state index contributed by atoms with van der Waals surface area (Å²) in [6, 6.07) is 15.5. The molecule has 0 unspecified atom stereocenters. The molecule has 2 rings (SSSR count). The Hall–Kier alpha value is -2.14. The van der Waals surface area contributed by atoms with E-state index in [1.165, 1.54) is 12.1 Å². The largest absolute Gasteiger partial charge is 0.478 e. The first-order valence-electron chi connectivity index (χ1n) is 8.82. The van der Waals surface area contributed by atoms with Gasteiger partial charge in [0.15, 0.2) is 5.78 Å². The summed E-state index contributed by atoms with van der Waals surface area (Å²) < 4.78 is 25.3. The van der Waals surface area contributed by atoms with Crippen LogP contribution in [0.15, 0.2) is 54.6 Å².